The Morgan fingerprint density at radius 1 is 1.09 bits per heavy atom. The molecule has 0 radical (unpaired) electrons. The molecular weight excluding hydrogens is 294 g/mol. The molecule has 0 atom stereocenters. The molecular formula is C17H23N3O3. The van der Waals surface area contributed by atoms with E-state index in [0.717, 1.165) is 49.8 Å². The highest BCUT2D eigenvalue weighted by molar-refractivity contribution is 6.08. The smallest absolute Gasteiger partial charge is 0.241 e. The summed E-state index contributed by atoms with van der Waals surface area (Å²) in [5, 5.41) is 12.1. The summed E-state index contributed by atoms with van der Waals surface area (Å²) in [7, 11) is 0. The van der Waals surface area contributed by atoms with Gasteiger partial charge >= 0.3 is 0 Å². The Kier molecular flexibility index (Phi) is 4.13. The first kappa shape index (κ1) is 16.0. The second kappa shape index (κ2) is 5.95. The fourth-order valence-corrected chi connectivity index (χ4v) is 4.33. The predicted octanol–water partition coefficient (Wildman–Crippen LogP) is 1.65. The van der Waals surface area contributed by atoms with Gasteiger partial charge in [-0.2, -0.15) is 5.26 Å². The predicted molar refractivity (Wildman–Crippen MR) is 81.8 cm³/mol. The van der Waals surface area contributed by atoms with Crippen molar-refractivity contribution < 1.29 is 14.4 Å². The summed E-state index contributed by atoms with van der Waals surface area (Å²) in [4.78, 5) is 38.3. The largest absolute Gasteiger partial charge is 0.336 e. The van der Waals surface area contributed by atoms with Gasteiger partial charge in [-0.15, -0.1) is 0 Å². The van der Waals surface area contributed by atoms with Gasteiger partial charge in [0.1, 0.15) is 12.1 Å². The summed E-state index contributed by atoms with van der Waals surface area (Å²) in [6, 6.07) is 2.19. The number of imide groups is 1. The third-order valence-electron chi connectivity index (χ3n) is 5.65. The van der Waals surface area contributed by atoms with Gasteiger partial charge in [-0.05, 0) is 38.5 Å². The van der Waals surface area contributed by atoms with E-state index >= 15 is 0 Å². The van der Waals surface area contributed by atoms with Crippen LogP contribution >= 0.6 is 0 Å². The van der Waals surface area contributed by atoms with Crippen LogP contribution in [0.4, 0.5) is 0 Å². The summed E-state index contributed by atoms with van der Waals surface area (Å²) in [6.07, 6.45) is 7.89. The van der Waals surface area contributed by atoms with E-state index in [1.54, 1.807) is 0 Å². The van der Waals surface area contributed by atoms with Crippen LogP contribution in [-0.4, -0.2) is 34.7 Å². The highest BCUT2D eigenvalue weighted by Gasteiger charge is 2.52. The molecule has 0 aromatic rings. The number of amides is 3. The normalized spacial score (nSPS) is 25.6. The van der Waals surface area contributed by atoms with E-state index in [1.165, 1.54) is 0 Å². The van der Waals surface area contributed by atoms with Crippen LogP contribution in [0.2, 0.25) is 0 Å². The van der Waals surface area contributed by atoms with E-state index in [1.807, 2.05) is 0 Å². The van der Waals surface area contributed by atoms with Crippen molar-refractivity contribution >= 4 is 17.7 Å². The molecule has 3 amide bonds. The molecule has 23 heavy (non-hydrogen) atoms. The van der Waals surface area contributed by atoms with Gasteiger partial charge in [0, 0.05) is 6.42 Å². The van der Waals surface area contributed by atoms with E-state index < -0.39 is 16.9 Å². The van der Waals surface area contributed by atoms with Gasteiger partial charge in [0.25, 0.3) is 0 Å². The lowest BCUT2D eigenvalue weighted by Crippen LogP contribution is -2.50. The van der Waals surface area contributed by atoms with Crippen LogP contribution in [0.5, 0.6) is 0 Å². The third-order valence-corrected chi connectivity index (χ3v) is 5.65. The number of likely N-dealkylation sites (tertiary alicyclic amines) is 1. The molecule has 6 heteroatoms. The Bertz CT molecular complexity index is 566. The van der Waals surface area contributed by atoms with Crippen LogP contribution in [0, 0.1) is 16.7 Å². The van der Waals surface area contributed by atoms with Crippen molar-refractivity contribution in [3.05, 3.63) is 0 Å². The standard InChI is InChI=1S/C17H23N3O3/c18-12-17(8-4-5-9-17)19-13(21)11-20-14(22)10-16(15(20)23)6-2-1-3-7-16/h1-11H2,(H,19,21). The van der Waals surface area contributed by atoms with Crippen molar-refractivity contribution in [2.45, 2.75) is 69.7 Å². The molecule has 0 aromatic heterocycles. The molecule has 2 saturated carbocycles. The lowest BCUT2D eigenvalue weighted by Gasteiger charge is -2.30. The van der Waals surface area contributed by atoms with E-state index in [0.29, 0.717) is 12.8 Å². The van der Waals surface area contributed by atoms with Crippen molar-refractivity contribution in [1.29, 1.82) is 5.26 Å². The number of carbonyl (C=O) groups is 3. The van der Waals surface area contributed by atoms with E-state index in [-0.39, 0.29) is 24.8 Å². The van der Waals surface area contributed by atoms with Crippen molar-refractivity contribution in [3.63, 3.8) is 0 Å². The Morgan fingerprint density at radius 2 is 1.70 bits per heavy atom. The van der Waals surface area contributed by atoms with Crippen molar-refractivity contribution in [2.24, 2.45) is 5.41 Å². The van der Waals surface area contributed by atoms with Gasteiger partial charge in [-0.3, -0.25) is 19.3 Å². The van der Waals surface area contributed by atoms with Crippen LogP contribution in [0.25, 0.3) is 0 Å². The molecule has 0 bridgehead atoms. The molecule has 3 rings (SSSR count). The summed E-state index contributed by atoms with van der Waals surface area (Å²) in [6.45, 7) is -0.247. The molecule has 2 aliphatic carbocycles. The van der Waals surface area contributed by atoms with Gasteiger partial charge in [-0.1, -0.05) is 19.3 Å². The number of nitriles is 1. The topological polar surface area (TPSA) is 90.3 Å². The van der Waals surface area contributed by atoms with Crippen LogP contribution in [0.1, 0.15) is 64.2 Å². The molecule has 0 aromatic carbocycles. The molecule has 0 unspecified atom stereocenters. The van der Waals surface area contributed by atoms with Crippen LogP contribution in [-0.2, 0) is 14.4 Å². The average molecular weight is 317 g/mol. The van der Waals surface area contributed by atoms with Crippen molar-refractivity contribution in [1.82, 2.24) is 10.2 Å². The van der Waals surface area contributed by atoms with Gasteiger partial charge in [0.2, 0.25) is 17.7 Å². The quantitative estimate of drug-likeness (QED) is 0.801. The van der Waals surface area contributed by atoms with Gasteiger partial charge in [0.15, 0.2) is 0 Å². The molecule has 1 spiro atoms. The Morgan fingerprint density at radius 3 is 2.30 bits per heavy atom. The maximum absolute atomic E-state index is 12.7. The molecule has 3 fully saturated rings. The lowest BCUT2D eigenvalue weighted by atomic mass is 9.73. The number of hydrogen-bond acceptors (Lipinski definition) is 4. The van der Waals surface area contributed by atoms with Gasteiger partial charge in [-0.25, -0.2) is 0 Å². The first-order valence-electron chi connectivity index (χ1n) is 8.57. The van der Waals surface area contributed by atoms with Crippen LogP contribution in [0.3, 0.4) is 0 Å². The Labute approximate surface area is 136 Å². The summed E-state index contributed by atoms with van der Waals surface area (Å²) >= 11 is 0. The minimum Gasteiger partial charge on any atom is -0.336 e. The fraction of sp³-hybridized carbons (Fsp3) is 0.765. The molecule has 1 saturated heterocycles. The minimum atomic E-state index is -0.814. The monoisotopic (exact) mass is 317 g/mol. The molecule has 1 aliphatic heterocycles. The lowest BCUT2D eigenvalue weighted by molar-refractivity contribution is -0.145. The highest BCUT2D eigenvalue weighted by atomic mass is 16.2. The zero-order valence-corrected chi connectivity index (χ0v) is 13.4. The SMILES string of the molecule is N#CC1(NC(=O)CN2C(=O)CC3(CCCCC3)C2=O)CCCC1. The first-order chi connectivity index (χ1) is 11.0. The van der Waals surface area contributed by atoms with Crippen molar-refractivity contribution in [3.8, 4) is 6.07 Å². The van der Waals surface area contributed by atoms with E-state index in [9.17, 15) is 19.6 Å². The van der Waals surface area contributed by atoms with Crippen LogP contribution in [0.15, 0.2) is 0 Å². The fourth-order valence-electron chi connectivity index (χ4n) is 4.33. The number of hydrogen-bond donors (Lipinski definition) is 1. The summed E-state index contributed by atoms with van der Waals surface area (Å²) in [5.74, 6) is -0.831. The van der Waals surface area contributed by atoms with E-state index in [4.69, 9.17) is 0 Å². The van der Waals surface area contributed by atoms with Crippen LogP contribution < -0.4 is 5.32 Å². The zero-order valence-electron chi connectivity index (χ0n) is 13.4. The number of nitrogens with one attached hydrogen (secondary N) is 1. The molecule has 1 heterocycles. The molecule has 1 N–H and O–H groups in total. The number of carbonyl (C=O) groups excluding carboxylic acids is 3. The second-order valence-corrected chi connectivity index (χ2v) is 7.25. The molecule has 3 aliphatic rings. The van der Waals surface area contributed by atoms with Crippen molar-refractivity contribution in [2.75, 3.05) is 6.54 Å². The maximum Gasteiger partial charge on any atom is 0.241 e. The minimum absolute atomic E-state index is 0.185. The average Bonchev–Trinajstić information content (AvgIpc) is 3.08. The molecule has 6 nitrogen and oxygen atoms in total. The van der Waals surface area contributed by atoms with E-state index in [2.05, 4.69) is 11.4 Å². The highest BCUT2D eigenvalue weighted by Crippen LogP contribution is 2.45. The second-order valence-electron chi connectivity index (χ2n) is 7.25. The summed E-state index contributed by atoms with van der Waals surface area (Å²) in [5.41, 5.74) is -1.37. The Hall–Kier alpha value is -1.90. The first-order valence-corrected chi connectivity index (χ1v) is 8.57. The summed E-state index contributed by atoms with van der Waals surface area (Å²) < 4.78 is 0. The van der Waals surface area contributed by atoms with Gasteiger partial charge in [0.05, 0.1) is 11.5 Å². The maximum atomic E-state index is 12.7. The third kappa shape index (κ3) is 2.85. The number of rotatable bonds is 3. The Balaban J connectivity index is 1.65. The van der Waals surface area contributed by atoms with Gasteiger partial charge < -0.3 is 5.32 Å². The zero-order chi connectivity index (χ0) is 16.5. The molecule has 124 valence electrons. The number of nitrogens with zero attached hydrogens (tertiary/aromatic N) is 2.